The molecule has 3 rings (SSSR count). The summed E-state index contributed by atoms with van der Waals surface area (Å²) in [6.45, 7) is 4.02. The highest BCUT2D eigenvalue weighted by atomic mass is 15.2. The Morgan fingerprint density at radius 2 is 2.00 bits per heavy atom. The molecule has 1 aromatic carbocycles. The van der Waals surface area contributed by atoms with Crippen LogP contribution in [0.25, 0.3) is 0 Å². The van der Waals surface area contributed by atoms with Gasteiger partial charge in [0.2, 0.25) is 0 Å². The maximum absolute atomic E-state index is 5.99. The number of rotatable bonds is 2. The highest BCUT2D eigenvalue weighted by Crippen LogP contribution is 2.27. The minimum Gasteiger partial charge on any atom is -0.383 e. The number of nitrogens with two attached hydrogens (primary N) is 1. The monoisotopic (exact) mass is 268 g/mol. The average molecular weight is 268 g/mol. The number of aryl methyl sites for hydroxylation is 1. The number of benzene rings is 1. The van der Waals surface area contributed by atoms with Gasteiger partial charge in [0.05, 0.1) is 0 Å². The van der Waals surface area contributed by atoms with Crippen molar-refractivity contribution in [2.45, 2.75) is 32.7 Å². The van der Waals surface area contributed by atoms with Crippen LogP contribution in [0.5, 0.6) is 0 Å². The van der Waals surface area contributed by atoms with Crippen LogP contribution in [0.3, 0.4) is 0 Å². The van der Waals surface area contributed by atoms with Crippen LogP contribution in [0.15, 0.2) is 30.6 Å². The molecular weight excluding hydrogens is 248 g/mol. The lowest BCUT2D eigenvalue weighted by atomic mass is 10.0. The van der Waals surface area contributed by atoms with Gasteiger partial charge >= 0.3 is 0 Å². The van der Waals surface area contributed by atoms with E-state index >= 15 is 0 Å². The lowest BCUT2D eigenvalue weighted by Gasteiger charge is -2.24. The molecule has 2 aromatic rings. The van der Waals surface area contributed by atoms with E-state index in [2.05, 4.69) is 46.1 Å². The Labute approximate surface area is 119 Å². The van der Waals surface area contributed by atoms with Gasteiger partial charge in [0, 0.05) is 18.7 Å². The summed E-state index contributed by atoms with van der Waals surface area (Å²) in [5, 5.41) is 0. The van der Waals surface area contributed by atoms with Gasteiger partial charge in [-0.2, -0.15) is 0 Å². The summed E-state index contributed by atoms with van der Waals surface area (Å²) in [6.07, 6.45) is 4.71. The SMILES string of the molecule is CCc1c(N)ncnc1N1CCCc2ccccc2C1. The maximum atomic E-state index is 5.99. The van der Waals surface area contributed by atoms with Gasteiger partial charge in [-0.05, 0) is 30.4 Å². The fraction of sp³-hybridized carbons (Fsp3) is 0.375. The first-order valence-electron chi connectivity index (χ1n) is 7.20. The van der Waals surface area contributed by atoms with E-state index in [1.807, 2.05) is 0 Å². The van der Waals surface area contributed by atoms with E-state index in [4.69, 9.17) is 5.73 Å². The summed E-state index contributed by atoms with van der Waals surface area (Å²) < 4.78 is 0. The summed E-state index contributed by atoms with van der Waals surface area (Å²) in [4.78, 5) is 10.9. The van der Waals surface area contributed by atoms with Crippen molar-refractivity contribution in [3.8, 4) is 0 Å². The van der Waals surface area contributed by atoms with Crippen LogP contribution in [0.1, 0.15) is 30.0 Å². The Kier molecular flexibility index (Phi) is 3.54. The molecule has 0 amide bonds. The van der Waals surface area contributed by atoms with E-state index in [-0.39, 0.29) is 0 Å². The molecule has 0 atom stereocenters. The van der Waals surface area contributed by atoms with Crippen molar-refractivity contribution in [1.29, 1.82) is 0 Å². The Morgan fingerprint density at radius 3 is 2.80 bits per heavy atom. The molecule has 104 valence electrons. The van der Waals surface area contributed by atoms with Gasteiger partial charge in [-0.25, -0.2) is 9.97 Å². The second kappa shape index (κ2) is 5.49. The zero-order chi connectivity index (χ0) is 13.9. The first kappa shape index (κ1) is 12.9. The standard InChI is InChI=1S/C16H20N4/c1-2-14-15(17)18-11-19-16(14)20-9-5-8-12-6-3-4-7-13(12)10-20/h3-4,6-7,11H,2,5,8-10H2,1H3,(H2,17,18,19). The number of nitrogens with zero attached hydrogens (tertiary/aromatic N) is 3. The molecule has 0 saturated carbocycles. The number of aromatic nitrogens is 2. The zero-order valence-electron chi connectivity index (χ0n) is 11.8. The van der Waals surface area contributed by atoms with Crippen LogP contribution in [-0.2, 0) is 19.4 Å². The first-order chi connectivity index (χ1) is 9.79. The third kappa shape index (κ3) is 2.33. The van der Waals surface area contributed by atoms with Crippen LogP contribution < -0.4 is 10.6 Å². The van der Waals surface area contributed by atoms with Crippen molar-refractivity contribution in [1.82, 2.24) is 9.97 Å². The molecule has 0 bridgehead atoms. The lowest BCUT2D eigenvalue weighted by molar-refractivity contribution is 0.747. The molecule has 1 aliphatic rings. The van der Waals surface area contributed by atoms with Gasteiger partial charge in [0.25, 0.3) is 0 Å². The van der Waals surface area contributed by atoms with Gasteiger partial charge in [-0.15, -0.1) is 0 Å². The van der Waals surface area contributed by atoms with Gasteiger partial charge in [0.15, 0.2) is 0 Å². The summed E-state index contributed by atoms with van der Waals surface area (Å²) >= 11 is 0. The fourth-order valence-corrected chi connectivity index (χ4v) is 2.91. The molecule has 1 aliphatic heterocycles. The summed E-state index contributed by atoms with van der Waals surface area (Å²) in [7, 11) is 0. The van der Waals surface area contributed by atoms with E-state index in [0.29, 0.717) is 5.82 Å². The Morgan fingerprint density at radius 1 is 1.20 bits per heavy atom. The fourth-order valence-electron chi connectivity index (χ4n) is 2.91. The van der Waals surface area contributed by atoms with Crippen molar-refractivity contribution in [3.63, 3.8) is 0 Å². The van der Waals surface area contributed by atoms with Crippen molar-refractivity contribution in [3.05, 3.63) is 47.3 Å². The summed E-state index contributed by atoms with van der Waals surface area (Å²) in [5.41, 5.74) is 9.90. The second-order valence-electron chi connectivity index (χ2n) is 5.21. The van der Waals surface area contributed by atoms with Crippen LogP contribution >= 0.6 is 0 Å². The molecule has 20 heavy (non-hydrogen) atoms. The van der Waals surface area contributed by atoms with Crippen molar-refractivity contribution in [2.24, 2.45) is 0 Å². The van der Waals surface area contributed by atoms with Gasteiger partial charge in [-0.1, -0.05) is 31.2 Å². The average Bonchev–Trinajstić information content (AvgIpc) is 2.69. The van der Waals surface area contributed by atoms with Crippen LogP contribution in [0, 0.1) is 0 Å². The molecule has 1 aromatic heterocycles. The van der Waals surface area contributed by atoms with Crippen LogP contribution in [0.2, 0.25) is 0 Å². The van der Waals surface area contributed by atoms with Crippen LogP contribution in [0.4, 0.5) is 11.6 Å². The highest BCUT2D eigenvalue weighted by molar-refractivity contribution is 5.57. The quantitative estimate of drug-likeness (QED) is 0.909. The largest absolute Gasteiger partial charge is 0.383 e. The molecule has 4 nitrogen and oxygen atoms in total. The maximum Gasteiger partial charge on any atom is 0.137 e. The highest BCUT2D eigenvalue weighted by Gasteiger charge is 2.18. The minimum absolute atomic E-state index is 0.607. The van der Waals surface area contributed by atoms with E-state index in [9.17, 15) is 0 Å². The number of fused-ring (bicyclic) bond motifs is 1. The van der Waals surface area contributed by atoms with E-state index in [0.717, 1.165) is 43.7 Å². The second-order valence-corrected chi connectivity index (χ2v) is 5.21. The normalized spacial score (nSPS) is 14.8. The third-order valence-corrected chi connectivity index (χ3v) is 3.96. The molecule has 4 heteroatoms. The topological polar surface area (TPSA) is 55.0 Å². The molecule has 2 N–H and O–H groups in total. The van der Waals surface area contributed by atoms with Crippen molar-refractivity contribution in [2.75, 3.05) is 17.2 Å². The van der Waals surface area contributed by atoms with E-state index < -0.39 is 0 Å². The minimum atomic E-state index is 0.607. The molecule has 0 spiro atoms. The summed E-state index contributed by atoms with van der Waals surface area (Å²) in [5.74, 6) is 1.60. The van der Waals surface area contributed by atoms with E-state index in [1.165, 1.54) is 11.1 Å². The Balaban J connectivity index is 1.98. The zero-order valence-corrected chi connectivity index (χ0v) is 11.8. The number of hydrogen-bond donors (Lipinski definition) is 1. The number of hydrogen-bond acceptors (Lipinski definition) is 4. The Hall–Kier alpha value is -2.10. The molecule has 0 aliphatic carbocycles. The molecular formula is C16H20N4. The number of nitrogen functional groups attached to an aromatic ring is 1. The summed E-state index contributed by atoms with van der Waals surface area (Å²) in [6, 6.07) is 8.67. The molecule has 0 saturated heterocycles. The lowest BCUT2D eigenvalue weighted by Crippen LogP contribution is -2.25. The third-order valence-electron chi connectivity index (χ3n) is 3.96. The Bertz CT molecular complexity index is 609. The van der Waals surface area contributed by atoms with Gasteiger partial charge in [0.1, 0.15) is 18.0 Å². The predicted octanol–water partition coefficient (Wildman–Crippen LogP) is 2.57. The molecule has 0 unspecified atom stereocenters. The molecule has 0 fully saturated rings. The molecule has 2 heterocycles. The van der Waals surface area contributed by atoms with Crippen molar-refractivity contribution < 1.29 is 0 Å². The van der Waals surface area contributed by atoms with E-state index in [1.54, 1.807) is 6.33 Å². The van der Waals surface area contributed by atoms with Crippen molar-refractivity contribution >= 4 is 11.6 Å². The van der Waals surface area contributed by atoms with Gasteiger partial charge < -0.3 is 10.6 Å². The van der Waals surface area contributed by atoms with Gasteiger partial charge in [-0.3, -0.25) is 0 Å². The number of anilines is 2. The predicted molar refractivity (Wildman–Crippen MR) is 81.6 cm³/mol. The first-order valence-corrected chi connectivity index (χ1v) is 7.20. The van der Waals surface area contributed by atoms with Crippen LogP contribution in [-0.4, -0.2) is 16.5 Å². The smallest absolute Gasteiger partial charge is 0.137 e. The molecule has 0 radical (unpaired) electrons.